The highest BCUT2D eigenvalue weighted by atomic mass is 32.2. The van der Waals surface area contributed by atoms with Crippen LogP contribution < -0.4 is 0 Å². The summed E-state index contributed by atoms with van der Waals surface area (Å²) in [6, 6.07) is 5.63. The molecule has 2 aromatic rings. The lowest BCUT2D eigenvalue weighted by Gasteiger charge is -2.19. The van der Waals surface area contributed by atoms with Crippen LogP contribution >= 0.6 is 0 Å². The Hall–Kier alpha value is -1.73. The lowest BCUT2D eigenvalue weighted by molar-refractivity contribution is 0.406. The molecule has 0 amide bonds. The van der Waals surface area contributed by atoms with Crippen LogP contribution in [0.2, 0.25) is 0 Å². The van der Waals surface area contributed by atoms with Gasteiger partial charge in [-0.15, -0.1) is 0 Å². The van der Waals surface area contributed by atoms with Crippen molar-refractivity contribution in [3.8, 4) is 0 Å². The Morgan fingerprint density at radius 3 is 2.73 bits per heavy atom. The lowest BCUT2D eigenvalue weighted by atomic mass is 9.93. The largest absolute Gasteiger partial charge is 0.364 e. The third kappa shape index (κ3) is 3.53. The van der Waals surface area contributed by atoms with E-state index in [0.29, 0.717) is 24.7 Å². The summed E-state index contributed by atoms with van der Waals surface area (Å²) in [6.45, 7) is 1.12. The molecule has 0 bridgehead atoms. The summed E-state index contributed by atoms with van der Waals surface area (Å²) in [5, 5.41) is 3.69. The fraction of sp³-hybridized carbons (Fsp3) is 0.467. The van der Waals surface area contributed by atoms with E-state index in [0.717, 1.165) is 19.3 Å². The van der Waals surface area contributed by atoms with E-state index >= 15 is 0 Å². The molecule has 0 aliphatic carbocycles. The Morgan fingerprint density at radius 1 is 1.18 bits per heavy atom. The van der Waals surface area contributed by atoms with Crippen LogP contribution in [0.4, 0.5) is 0 Å². The van der Waals surface area contributed by atoms with Gasteiger partial charge in [0.1, 0.15) is 12.0 Å². The molecular formula is C15H19N3O3S. The van der Waals surface area contributed by atoms with E-state index in [9.17, 15) is 8.42 Å². The topological polar surface area (TPSA) is 76.3 Å². The minimum Gasteiger partial charge on any atom is -0.364 e. The minimum absolute atomic E-state index is 0.0938. The zero-order chi connectivity index (χ0) is 15.4. The Bertz CT molecular complexity index is 686. The van der Waals surface area contributed by atoms with Gasteiger partial charge >= 0.3 is 0 Å². The second-order valence-corrected chi connectivity index (χ2v) is 7.52. The first kappa shape index (κ1) is 15.2. The van der Waals surface area contributed by atoms with E-state index in [1.54, 1.807) is 22.8 Å². The first-order valence-corrected chi connectivity index (χ1v) is 9.03. The maximum absolute atomic E-state index is 12.5. The highest BCUT2D eigenvalue weighted by molar-refractivity contribution is 7.88. The molecule has 0 radical (unpaired) electrons. The number of sulfonamides is 1. The number of hydrogen-bond acceptors (Lipinski definition) is 5. The van der Waals surface area contributed by atoms with Gasteiger partial charge < -0.3 is 4.52 Å². The number of aromatic nitrogens is 2. The van der Waals surface area contributed by atoms with Crippen molar-refractivity contribution in [2.24, 2.45) is 0 Å². The molecule has 118 valence electrons. The van der Waals surface area contributed by atoms with Crippen LogP contribution in [0.5, 0.6) is 0 Å². The predicted octanol–water partition coefficient (Wildman–Crippen LogP) is 2.17. The Kier molecular flexibility index (Phi) is 4.54. The summed E-state index contributed by atoms with van der Waals surface area (Å²) in [5.41, 5.74) is 1.70. The normalized spacial score (nSPS) is 20.6. The van der Waals surface area contributed by atoms with Gasteiger partial charge in [-0.2, -0.15) is 0 Å². The zero-order valence-electron chi connectivity index (χ0n) is 12.3. The molecule has 1 aliphatic heterocycles. The molecule has 1 saturated heterocycles. The van der Waals surface area contributed by atoms with Crippen molar-refractivity contribution in [2.45, 2.75) is 30.9 Å². The van der Waals surface area contributed by atoms with Crippen LogP contribution in [0.15, 0.2) is 41.4 Å². The van der Waals surface area contributed by atoms with Crippen LogP contribution in [-0.4, -0.2) is 36.0 Å². The summed E-state index contributed by atoms with van der Waals surface area (Å²) in [5.74, 6) is 0.305. The van der Waals surface area contributed by atoms with Gasteiger partial charge in [0.2, 0.25) is 10.0 Å². The summed E-state index contributed by atoms with van der Waals surface area (Å²) in [4.78, 5) is 4.04. The van der Waals surface area contributed by atoms with E-state index in [1.165, 1.54) is 11.8 Å². The molecule has 0 spiro atoms. The van der Waals surface area contributed by atoms with Crippen LogP contribution in [-0.2, 0) is 15.8 Å². The van der Waals surface area contributed by atoms with E-state index in [2.05, 4.69) is 10.1 Å². The molecule has 6 nitrogen and oxygen atoms in total. The lowest BCUT2D eigenvalue weighted by Crippen LogP contribution is -2.33. The van der Waals surface area contributed by atoms with Crippen LogP contribution in [0.1, 0.15) is 36.4 Å². The molecule has 2 aromatic heterocycles. The SMILES string of the molecule is O=S(=O)(Cc1ccon1)N1CCCC(c2ccncc2)CC1. The van der Waals surface area contributed by atoms with Gasteiger partial charge in [-0.25, -0.2) is 12.7 Å². The number of pyridine rings is 1. The second-order valence-electron chi connectivity index (χ2n) is 5.55. The van der Waals surface area contributed by atoms with Gasteiger partial charge in [0.05, 0.1) is 5.69 Å². The molecule has 1 fully saturated rings. The zero-order valence-corrected chi connectivity index (χ0v) is 13.1. The Balaban J connectivity index is 1.67. The number of hydrogen-bond donors (Lipinski definition) is 0. The smallest absolute Gasteiger partial charge is 0.219 e. The maximum Gasteiger partial charge on any atom is 0.219 e. The Morgan fingerprint density at radius 2 is 2.00 bits per heavy atom. The van der Waals surface area contributed by atoms with E-state index < -0.39 is 10.0 Å². The molecule has 1 unspecified atom stereocenters. The van der Waals surface area contributed by atoms with Crippen LogP contribution in [0.3, 0.4) is 0 Å². The Labute approximate surface area is 130 Å². The van der Waals surface area contributed by atoms with E-state index in [4.69, 9.17) is 4.52 Å². The quantitative estimate of drug-likeness (QED) is 0.862. The second kappa shape index (κ2) is 6.58. The maximum atomic E-state index is 12.5. The molecule has 3 rings (SSSR count). The molecule has 0 N–H and O–H groups in total. The summed E-state index contributed by atoms with van der Waals surface area (Å²) in [6.07, 6.45) is 7.68. The van der Waals surface area contributed by atoms with Crippen molar-refractivity contribution in [3.05, 3.63) is 48.1 Å². The number of rotatable bonds is 4. The van der Waals surface area contributed by atoms with Gasteiger partial charge in [0.25, 0.3) is 0 Å². The average molecular weight is 321 g/mol. The summed E-state index contributed by atoms with van der Waals surface area (Å²) < 4.78 is 31.3. The standard InChI is InChI=1S/C15H19N3O3S/c19-22(20,12-15-6-11-21-17-15)18-9-1-2-13(5-10-18)14-3-7-16-8-4-14/h3-4,6-8,11,13H,1-2,5,9-10,12H2. The molecule has 3 heterocycles. The molecule has 1 aliphatic rings. The van der Waals surface area contributed by atoms with Crippen molar-refractivity contribution in [1.82, 2.24) is 14.4 Å². The van der Waals surface area contributed by atoms with E-state index in [-0.39, 0.29) is 5.75 Å². The fourth-order valence-corrected chi connectivity index (χ4v) is 4.40. The monoisotopic (exact) mass is 321 g/mol. The van der Waals surface area contributed by atoms with Crippen molar-refractivity contribution in [3.63, 3.8) is 0 Å². The van der Waals surface area contributed by atoms with Gasteiger partial charge in [-0.3, -0.25) is 4.98 Å². The van der Waals surface area contributed by atoms with Crippen molar-refractivity contribution in [2.75, 3.05) is 13.1 Å². The molecule has 0 saturated carbocycles. The summed E-state index contributed by atoms with van der Waals surface area (Å²) in [7, 11) is -3.34. The van der Waals surface area contributed by atoms with E-state index in [1.807, 2.05) is 12.1 Å². The molecule has 1 atom stereocenters. The molecular weight excluding hydrogens is 302 g/mol. The molecule has 0 aromatic carbocycles. The highest BCUT2D eigenvalue weighted by Crippen LogP contribution is 2.28. The predicted molar refractivity (Wildman–Crippen MR) is 81.5 cm³/mol. The van der Waals surface area contributed by atoms with Gasteiger partial charge in [-0.1, -0.05) is 5.16 Å². The average Bonchev–Trinajstić information content (AvgIpc) is 2.88. The minimum atomic E-state index is -3.34. The number of nitrogens with zero attached hydrogens (tertiary/aromatic N) is 3. The first-order chi connectivity index (χ1) is 10.6. The molecule has 7 heteroatoms. The summed E-state index contributed by atoms with van der Waals surface area (Å²) >= 11 is 0. The van der Waals surface area contributed by atoms with Gasteiger partial charge in [0, 0.05) is 31.5 Å². The highest BCUT2D eigenvalue weighted by Gasteiger charge is 2.27. The fourth-order valence-electron chi connectivity index (χ4n) is 2.91. The van der Waals surface area contributed by atoms with Gasteiger partial charge in [0.15, 0.2) is 0 Å². The van der Waals surface area contributed by atoms with Crippen LogP contribution in [0.25, 0.3) is 0 Å². The van der Waals surface area contributed by atoms with Crippen molar-refractivity contribution in [1.29, 1.82) is 0 Å². The molecule has 22 heavy (non-hydrogen) atoms. The van der Waals surface area contributed by atoms with Crippen molar-refractivity contribution < 1.29 is 12.9 Å². The van der Waals surface area contributed by atoms with Gasteiger partial charge in [-0.05, 0) is 42.9 Å². The van der Waals surface area contributed by atoms with Crippen molar-refractivity contribution >= 4 is 10.0 Å². The van der Waals surface area contributed by atoms with Crippen LogP contribution in [0, 0.1) is 0 Å². The third-order valence-corrected chi connectivity index (χ3v) is 5.89. The third-order valence-electron chi connectivity index (χ3n) is 4.08. The first-order valence-electron chi connectivity index (χ1n) is 7.42.